The van der Waals surface area contributed by atoms with Crippen molar-refractivity contribution in [1.29, 1.82) is 0 Å². The summed E-state index contributed by atoms with van der Waals surface area (Å²) in [6.07, 6.45) is -3.23. The monoisotopic (exact) mass is 419 g/mol. The van der Waals surface area contributed by atoms with Gasteiger partial charge in [-0.15, -0.1) is 0 Å². The molecule has 2 atom stereocenters. The van der Waals surface area contributed by atoms with E-state index in [1.54, 1.807) is 0 Å². The van der Waals surface area contributed by atoms with E-state index in [2.05, 4.69) is 25.2 Å². The maximum Gasteiger partial charge on any atom is 0.431 e. The van der Waals surface area contributed by atoms with Crippen LogP contribution in [0, 0.1) is 0 Å². The summed E-state index contributed by atoms with van der Waals surface area (Å²) in [5, 5.41) is 3.69. The second-order valence-corrected chi connectivity index (χ2v) is 7.35. The standard InChI is InChI=1S/C20H20F3N5O2/c21-20(22,23)16-9-13-18(26-16)24-11-25-19(13)27-17-12-3-1-2-4-15(12)30-10-14(17)28-5-7-29-8-6-28/h1-4,9,11,14,17H,5-8,10H2,(H2,24,25,26,27)/t14-,17-/m1/s1. The molecule has 30 heavy (non-hydrogen) atoms. The van der Waals surface area contributed by atoms with E-state index < -0.39 is 11.9 Å². The molecule has 3 aromatic rings. The number of ether oxygens (including phenoxy) is 2. The van der Waals surface area contributed by atoms with E-state index >= 15 is 0 Å². The summed E-state index contributed by atoms with van der Waals surface area (Å²) >= 11 is 0. The van der Waals surface area contributed by atoms with Gasteiger partial charge in [-0.2, -0.15) is 13.2 Å². The second-order valence-electron chi connectivity index (χ2n) is 7.35. The Morgan fingerprint density at radius 3 is 2.73 bits per heavy atom. The van der Waals surface area contributed by atoms with Gasteiger partial charge in [0, 0.05) is 18.7 Å². The van der Waals surface area contributed by atoms with E-state index in [1.807, 2.05) is 24.3 Å². The van der Waals surface area contributed by atoms with Crippen LogP contribution in [0.5, 0.6) is 5.75 Å². The van der Waals surface area contributed by atoms with E-state index in [-0.39, 0.29) is 17.7 Å². The van der Waals surface area contributed by atoms with Gasteiger partial charge in [-0.05, 0) is 12.1 Å². The average Bonchev–Trinajstić information content (AvgIpc) is 3.21. The molecule has 0 radical (unpaired) electrons. The molecular weight excluding hydrogens is 399 g/mol. The van der Waals surface area contributed by atoms with Crippen LogP contribution in [-0.2, 0) is 10.9 Å². The molecule has 158 valence electrons. The molecule has 2 aromatic heterocycles. The summed E-state index contributed by atoms with van der Waals surface area (Å²) < 4.78 is 51.0. The van der Waals surface area contributed by atoms with Crippen LogP contribution in [0.2, 0.25) is 0 Å². The Kier molecular flexibility index (Phi) is 4.75. The van der Waals surface area contributed by atoms with Gasteiger partial charge in [-0.25, -0.2) is 9.97 Å². The largest absolute Gasteiger partial charge is 0.491 e. The minimum atomic E-state index is -4.49. The molecule has 10 heteroatoms. The first-order valence-electron chi connectivity index (χ1n) is 9.71. The summed E-state index contributed by atoms with van der Waals surface area (Å²) in [5.41, 5.74) is 0.236. The molecular formula is C20H20F3N5O2. The van der Waals surface area contributed by atoms with Gasteiger partial charge in [-0.1, -0.05) is 18.2 Å². The molecule has 0 saturated carbocycles. The van der Waals surface area contributed by atoms with E-state index in [9.17, 15) is 13.2 Å². The number of halogens is 3. The predicted octanol–water partition coefficient (Wildman–Crippen LogP) is 3.22. The highest BCUT2D eigenvalue weighted by molar-refractivity contribution is 5.88. The number of nitrogens with zero attached hydrogens (tertiary/aromatic N) is 3. The fourth-order valence-corrected chi connectivity index (χ4v) is 4.10. The zero-order chi connectivity index (χ0) is 20.7. The highest BCUT2D eigenvalue weighted by atomic mass is 19.4. The zero-order valence-corrected chi connectivity index (χ0v) is 15.9. The quantitative estimate of drug-likeness (QED) is 0.679. The molecule has 7 nitrogen and oxygen atoms in total. The van der Waals surface area contributed by atoms with Crippen molar-refractivity contribution < 1.29 is 22.6 Å². The molecule has 1 fully saturated rings. The number of hydrogen-bond acceptors (Lipinski definition) is 6. The molecule has 0 spiro atoms. The third-order valence-corrected chi connectivity index (χ3v) is 5.59. The van der Waals surface area contributed by atoms with Gasteiger partial charge in [0.25, 0.3) is 0 Å². The van der Waals surface area contributed by atoms with Crippen LogP contribution in [0.4, 0.5) is 19.0 Å². The molecule has 5 rings (SSSR count). The Morgan fingerprint density at radius 1 is 1.13 bits per heavy atom. The summed E-state index contributed by atoms with van der Waals surface area (Å²) in [7, 11) is 0. The van der Waals surface area contributed by atoms with E-state index in [0.29, 0.717) is 31.0 Å². The molecule has 0 unspecified atom stereocenters. The van der Waals surface area contributed by atoms with Crippen LogP contribution in [-0.4, -0.2) is 58.8 Å². The Bertz CT molecular complexity index is 1050. The average molecular weight is 419 g/mol. The molecule has 1 saturated heterocycles. The molecule has 0 aliphatic carbocycles. The molecule has 0 amide bonds. The number of benzene rings is 1. The number of aromatic amines is 1. The van der Waals surface area contributed by atoms with Crippen molar-refractivity contribution in [1.82, 2.24) is 19.9 Å². The van der Waals surface area contributed by atoms with Gasteiger partial charge in [-0.3, -0.25) is 4.90 Å². The lowest BCUT2D eigenvalue weighted by Gasteiger charge is -2.42. The van der Waals surface area contributed by atoms with Gasteiger partial charge in [0.2, 0.25) is 0 Å². The zero-order valence-electron chi connectivity index (χ0n) is 15.9. The number of morpholine rings is 1. The smallest absolute Gasteiger partial charge is 0.431 e. The van der Waals surface area contributed by atoms with Crippen molar-refractivity contribution in [2.24, 2.45) is 0 Å². The van der Waals surface area contributed by atoms with E-state index in [1.165, 1.54) is 6.33 Å². The lowest BCUT2D eigenvalue weighted by atomic mass is 9.94. The number of anilines is 1. The van der Waals surface area contributed by atoms with Gasteiger partial charge < -0.3 is 19.8 Å². The summed E-state index contributed by atoms with van der Waals surface area (Å²) in [5.74, 6) is 1.11. The van der Waals surface area contributed by atoms with Crippen molar-refractivity contribution in [2.45, 2.75) is 18.3 Å². The fraction of sp³-hybridized carbons (Fsp3) is 0.400. The number of nitrogens with one attached hydrogen (secondary N) is 2. The van der Waals surface area contributed by atoms with Crippen molar-refractivity contribution >= 4 is 16.9 Å². The van der Waals surface area contributed by atoms with Crippen LogP contribution in [0.25, 0.3) is 11.0 Å². The molecule has 0 bridgehead atoms. The first-order valence-corrected chi connectivity index (χ1v) is 9.71. The highest BCUT2D eigenvalue weighted by Crippen LogP contribution is 2.38. The number of fused-ring (bicyclic) bond motifs is 2. The molecule has 2 aliphatic heterocycles. The molecule has 4 heterocycles. The third kappa shape index (κ3) is 3.46. The maximum atomic E-state index is 13.2. The SMILES string of the molecule is FC(F)(F)c1cc2c(N[C@@H]3c4ccccc4OC[C@H]3N3CCOCC3)ncnc2[nH]1. The number of para-hydroxylation sites is 1. The molecule has 1 aromatic carbocycles. The van der Waals surface area contributed by atoms with Crippen LogP contribution in [0.1, 0.15) is 17.3 Å². The Labute approximate surface area is 170 Å². The Morgan fingerprint density at radius 2 is 1.93 bits per heavy atom. The minimum absolute atomic E-state index is 0.0187. The van der Waals surface area contributed by atoms with Gasteiger partial charge in [0.1, 0.15) is 35.8 Å². The van der Waals surface area contributed by atoms with E-state index in [4.69, 9.17) is 9.47 Å². The van der Waals surface area contributed by atoms with Gasteiger partial charge in [0.15, 0.2) is 0 Å². The van der Waals surface area contributed by atoms with Crippen LogP contribution in [0.15, 0.2) is 36.7 Å². The maximum absolute atomic E-state index is 13.2. The lowest BCUT2D eigenvalue weighted by molar-refractivity contribution is -0.140. The highest BCUT2D eigenvalue weighted by Gasteiger charge is 2.37. The van der Waals surface area contributed by atoms with Crippen LogP contribution < -0.4 is 10.1 Å². The first-order chi connectivity index (χ1) is 14.5. The first kappa shape index (κ1) is 19.1. The number of hydrogen-bond donors (Lipinski definition) is 2. The third-order valence-electron chi connectivity index (χ3n) is 5.59. The minimum Gasteiger partial charge on any atom is -0.491 e. The molecule has 2 aliphatic rings. The lowest BCUT2D eigenvalue weighted by Crippen LogP contribution is -2.52. The number of rotatable bonds is 3. The van der Waals surface area contributed by atoms with Crippen LogP contribution >= 0.6 is 0 Å². The van der Waals surface area contributed by atoms with Crippen molar-refractivity contribution in [3.63, 3.8) is 0 Å². The predicted molar refractivity (Wildman–Crippen MR) is 103 cm³/mol. The Balaban J connectivity index is 1.54. The van der Waals surface area contributed by atoms with E-state index in [0.717, 1.165) is 30.5 Å². The van der Waals surface area contributed by atoms with Crippen molar-refractivity contribution in [2.75, 3.05) is 38.2 Å². The number of aromatic nitrogens is 3. The number of alkyl halides is 3. The molecule has 2 N–H and O–H groups in total. The topological polar surface area (TPSA) is 75.3 Å². The summed E-state index contributed by atoms with van der Waals surface area (Å²) in [6.45, 7) is 3.25. The fourth-order valence-electron chi connectivity index (χ4n) is 4.10. The number of H-pyrrole nitrogens is 1. The second kappa shape index (κ2) is 7.44. The summed E-state index contributed by atoms with van der Waals surface area (Å²) in [4.78, 5) is 12.8. The Hall–Kier alpha value is -2.85. The van der Waals surface area contributed by atoms with Crippen LogP contribution in [0.3, 0.4) is 0 Å². The summed E-state index contributed by atoms with van der Waals surface area (Å²) in [6, 6.07) is 8.50. The van der Waals surface area contributed by atoms with Gasteiger partial charge in [0.05, 0.1) is 30.7 Å². The van der Waals surface area contributed by atoms with Gasteiger partial charge >= 0.3 is 6.18 Å². The normalized spacial score (nSPS) is 22.5. The van der Waals surface area contributed by atoms with Crippen molar-refractivity contribution in [3.8, 4) is 5.75 Å². The van der Waals surface area contributed by atoms with Crippen molar-refractivity contribution in [3.05, 3.63) is 47.9 Å².